The van der Waals surface area contributed by atoms with Crippen molar-refractivity contribution in [1.82, 2.24) is 4.90 Å². The molecule has 208 valence electrons. The summed E-state index contributed by atoms with van der Waals surface area (Å²) in [6.45, 7) is 4.04. The maximum absolute atomic E-state index is 14.3. The zero-order valence-corrected chi connectivity index (χ0v) is 22.5. The van der Waals surface area contributed by atoms with E-state index in [9.17, 15) is 9.59 Å². The summed E-state index contributed by atoms with van der Waals surface area (Å²) >= 11 is 0. The standard InChI is InChI=1S/C31H39N2O6/c34-29(39-28-21-26-13-14-27(22-28)33(26)17-7-8-18-33)31(24-9-3-1-4-10-24,25-11-5-2-6-12-25)38-23-37-30(35)32-15-19-36-20-16-32/h1-6,9-12,26-28H,7-8,13-23H2/q+1. The predicted octanol–water partition coefficient (Wildman–Crippen LogP) is 4.22. The molecule has 1 spiro atoms. The van der Waals surface area contributed by atoms with Gasteiger partial charge in [0.25, 0.3) is 0 Å². The van der Waals surface area contributed by atoms with Gasteiger partial charge in [-0.15, -0.1) is 0 Å². The molecule has 2 aromatic carbocycles. The molecule has 4 aliphatic rings. The van der Waals surface area contributed by atoms with Gasteiger partial charge in [-0.1, -0.05) is 60.7 Å². The molecule has 2 unspecified atom stereocenters. The van der Waals surface area contributed by atoms with Gasteiger partial charge in [-0.05, 0) is 11.1 Å². The van der Waals surface area contributed by atoms with E-state index in [1.54, 1.807) is 4.90 Å². The fourth-order valence-electron chi connectivity index (χ4n) is 7.52. The average Bonchev–Trinajstić information content (AvgIpc) is 3.53. The van der Waals surface area contributed by atoms with Crippen molar-refractivity contribution in [3.63, 3.8) is 0 Å². The third-order valence-corrected chi connectivity index (χ3v) is 9.41. The molecule has 39 heavy (non-hydrogen) atoms. The molecule has 0 N–H and O–H groups in total. The number of amides is 1. The molecule has 4 saturated heterocycles. The number of ether oxygens (including phenoxy) is 4. The Balaban J connectivity index is 1.25. The van der Waals surface area contributed by atoms with E-state index < -0.39 is 17.7 Å². The lowest BCUT2D eigenvalue weighted by molar-refractivity contribution is -0.956. The number of quaternary nitrogens is 1. The highest BCUT2D eigenvalue weighted by molar-refractivity contribution is 5.86. The van der Waals surface area contributed by atoms with Crippen LogP contribution in [0.4, 0.5) is 4.79 Å². The van der Waals surface area contributed by atoms with Crippen LogP contribution in [0, 0.1) is 0 Å². The van der Waals surface area contributed by atoms with Crippen molar-refractivity contribution in [3.05, 3.63) is 71.8 Å². The Labute approximate surface area is 230 Å². The first-order valence-corrected chi connectivity index (χ1v) is 14.4. The highest BCUT2D eigenvalue weighted by atomic mass is 16.7. The zero-order chi connectivity index (χ0) is 26.7. The SMILES string of the molecule is O=C(OCOC(C(=O)OC1CC2CCC(C1)[N+]21CCCC1)(c1ccccc1)c1ccccc1)N1CCOCC1. The minimum absolute atomic E-state index is 0.148. The number of carbonyl (C=O) groups is 2. The lowest BCUT2D eigenvalue weighted by Gasteiger charge is -2.47. The Morgan fingerprint density at radius 3 is 2.00 bits per heavy atom. The second-order valence-corrected chi connectivity index (χ2v) is 11.3. The number of piperidine rings is 1. The van der Waals surface area contributed by atoms with Crippen LogP contribution < -0.4 is 0 Å². The quantitative estimate of drug-likeness (QED) is 0.300. The van der Waals surface area contributed by atoms with Crippen LogP contribution in [0.15, 0.2) is 60.7 Å². The minimum atomic E-state index is -1.57. The van der Waals surface area contributed by atoms with Gasteiger partial charge in [0, 0.05) is 51.6 Å². The fourth-order valence-corrected chi connectivity index (χ4v) is 7.52. The molecule has 2 aromatic rings. The van der Waals surface area contributed by atoms with Gasteiger partial charge in [0.1, 0.15) is 6.10 Å². The molecule has 0 aliphatic carbocycles. The smallest absolute Gasteiger partial charge is 0.412 e. The van der Waals surface area contributed by atoms with Crippen LogP contribution in [0.25, 0.3) is 0 Å². The monoisotopic (exact) mass is 535 g/mol. The van der Waals surface area contributed by atoms with Crippen molar-refractivity contribution < 1.29 is 33.0 Å². The van der Waals surface area contributed by atoms with Crippen molar-refractivity contribution in [2.75, 3.05) is 46.2 Å². The topological polar surface area (TPSA) is 74.3 Å². The van der Waals surface area contributed by atoms with Crippen molar-refractivity contribution in [3.8, 4) is 0 Å². The van der Waals surface area contributed by atoms with Gasteiger partial charge in [0.2, 0.25) is 5.60 Å². The van der Waals surface area contributed by atoms with Crippen LogP contribution in [0.3, 0.4) is 0 Å². The second-order valence-electron chi connectivity index (χ2n) is 11.3. The molecule has 6 rings (SSSR count). The number of hydrogen-bond acceptors (Lipinski definition) is 6. The summed E-state index contributed by atoms with van der Waals surface area (Å²) in [4.78, 5) is 28.6. The first-order valence-electron chi connectivity index (χ1n) is 14.4. The van der Waals surface area contributed by atoms with Gasteiger partial charge in [0.15, 0.2) is 6.79 Å². The first kappa shape index (κ1) is 26.3. The molecule has 4 fully saturated rings. The molecule has 2 bridgehead atoms. The Morgan fingerprint density at radius 2 is 1.44 bits per heavy atom. The maximum atomic E-state index is 14.3. The molecule has 8 heteroatoms. The first-order chi connectivity index (χ1) is 19.1. The van der Waals surface area contributed by atoms with Crippen LogP contribution in [0.5, 0.6) is 0 Å². The maximum Gasteiger partial charge on any atom is 0.412 e. The Kier molecular flexibility index (Phi) is 7.60. The summed E-state index contributed by atoms with van der Waals surface area (Å²) in [5.41, 5.74) is -0.277. The van der Waals surface area contributed by atoms with Gasteiger partial charge in [-0.25, -0.2) is 9.59 Å². The number of nitrogens with zero attached hydrogens (tertiary/aromatic N) is 2. The van der Waals surface area contributed by atoms with Crippen molar-refractivity contribution >= 4 is 12.1 Å². The van der Waals surface area contributed by atoms with Crippen molar-refractivity contribution in [2.45, 2.75) is 62.3 Å². The molecule has 0 saturated carbocycles. The van der Waals surface area contributed by atoms with E-state index in [1.807, 2.05) is 60.7 Å². The molecule has 0 aromatic heterocycles. The third-order valence-electron chi connectivity index (χ3n) is 9.41. The summed E-state index contributed by atoms with van der Waals surface area (Å²) in [5, 5.41) is 0. The van der Waals surface area contributed by atoms with Crippen LogP contribution in [-0.4, -0.2) is 85.8 Å². The fraction of sp³-hybridized carbons (Fsp3) is 0.548. The predicted molar refractivity (Wildman–Crippen MR) is 144 cm³/mol. The van der Waals surface area contributed by atoms with Crippen LogP contribution in [0.1, 0.15) is 49.7 Å². The molecular weight excluding hydrogens is 496 g/mol. The number of esters is 1. The summed E-state index contributed by atoms with van der Waals surface area (Å²) in [5.74, 6) is -0.457. The number of morpholine rings is 1. The highest BCUT2D eigenvalue weighted by Gasteiger charge is 2.57. The molecule has 4 aliphatic heterocycles. The van der Waals surface area contributed by atoms with E-state index in [0.717, 1.165) is 12.8 Å². The number of carbonyl (C=O) groups excluding carboxylic acids is 2. The molecule has 4 heterocycles. The van der Waals surface area contributed by atoms with Crippen LogP contribution in [0.2, 0.25) is 0 Å². The number of rotatable bonds is 7. The van der Waals surface area contributed by atoms with E-state index in [1.165, 1.54) is 43.3 Å². The zero-order valence-electron chi connectivity index (χ0n) is 22.5. The van der Waals surface area contributed by atoms with Crippen LogP contribution >= 0.6 is 0 Å². The average molecular weight is 536 g/mol. The van der Waals surface area contributed by atoms with E-state index >= 15 is 0 Å². The molecule has 0 radical (unpaired) electrons. The van der Waals surface area contributed by atoms with Gasteiger partial charge in [-0.2, -0.15) is 0 Å². The normalized spacial score (nSPS) is 25.9. The Morgan fingerprint density at radius 1 is 0.872 bits per heavy atom. The summed E-state index contributed by atoms with van der Waals surface area (Å²) in [6.07, 6.45) is 6.21. The lowest BCUT2D eigenvalue weighted by Crippen LogP contribution is -2.60. The second kappa shape index (κ2) is 11.3. The van der Waals surface area contributed by atoms with E-state index in [-0.39, 0.29) is 12.9 Å². The van der Waals surface area contributed by atoms with Crippen LogP contribution in [-0.2, 0) is 29.3 Å². The molecular formula is C31H39N2O6+. The van der Waals surface area contributed by atoms with Gasteiger partial charge in [-0.3, -0.25) is 0 Å². The summed E-state index contributed by atoms with van der Waals surface area (Å²) < 4.78 is 24.8. The largest absolute Gasteiger partial charge is 0.459 e. The van der Waals surface area contributed by atoms with Gasteiger partial charge in [0.05, 0.1) is 38.4 Å². The minimum Gasteiger partial charge on any atom is -0.459 e. The molecule has 2 atom stereocenters. The van der Waals surface area contributed by atoms with Gasteiger partial charge >= 0.3 is 12.1 Å². The van der Waals surface area contributed by atoms with E-state index in [4.69, 9.17) is 18.9 Å². The molecule has 1 amide bonds. The Hall–Kier alpha value is -2.94. The van der Waals surface area contributed by atoms with E-state index in [2.05, 4.69) is 0 Å². The summed E-state index contributed by atoms with van der Waals surface area (Å²) in [7, 11) is 0. The van der Waals surface area contributed by atoms with Crippen molar-refractivity contribution in [2.24, 2.45) is 0 Å². The lowest BCUT2D eigenvalue weighted by atomic mass is 9.85. The van der Waals surface area contributed by atoms with Gasteiger partial charge < -0.3 is 28.3 Å². The number of hydrogen-bond donors (Lipinski definition) is 0. The highest BCUT2D eigenvalue weighted by Crippen LogP contribution is 2.47. The van der Waals surface area contributed by atoms with E-state index in [0.29, 0.717) is 49.5 Å². The molecule has 8 nitrogen and oxygen atoms in total. The number of benzene rings is 2. The Bertz CT molecular complexity index is 1070. The summed E-state index contributed by atoms with van der Waals surface area (Å²) in [6, 6.07) is 19.9. The third kappa shape index (κ3) is 4.94. The van der Waals surface area contributed by atoms with Crippen molar-refractivity contribution in [1.29, 1.82) is 0 Å².